The van der Waals surface area contributed by atoms with Crippen LogP contribution in [0.2, 0.25) is 0 Å². The monoisotopic (exact) mass is 313 g/mol. The Morgan fingerprint density at radius 2 is 1.88 bits per heavy atom. The summed E-state index contributed by atoms with van der Waals surface area (Å²) < 4.78 is 8.53. The standard InChI is InChI=1S/C21H17N2O/c1-12-8-14-5-7-23(3)21-19-13(2)16-4-6-22-11-15(16)10-18(19)24-17(9-12)20(14)21/h4-11H,1-3H3/q+1. The topological polar surface area (TPSA) is 26.0 Å². The second-order valence-electron chi connectivity index (χ2n) is 6.58. The summed E-state index contributed by atoms with van der Waals surface area (Å²) in [5, 5.41) is 4.74. The van der Waals surface area contributed by atoms with E-state index >= 15 is 0 Å². The highest BCUT2D eigenvalue weighted by Gasteiger charge is 2.30. The van der Waals surface area contributed by atoms with Crippen LogP contribution < -0.4 is 9.30 Å². The molecule has 3 heteroatoms. The SMILES string of the molecule is Cc1cc2c3c([n+](C)ccc3c1)-c1c(cc3cnccc3c1C)O2. The molecule has 1 aliphatic rings. The van der Waals surface area contributed by atoms with Crippen molar-refractivity contribution in [3.8, 4) is 22.8 Å². The molecule has 0 aliphatic carbocycles. The second kappa shape index (κ2) is 4.54. The van der Waals surface area contributed by atoms with E-state index in [1.165, 1.54) is 38.5 Å². The summed E-state index contributed by atoms with van der Waals surface area (Å²) in [6.45, 7) is 4.28. The molecule has 0 unspecified atom stereocenters. The molecule has 0 amide bonds. The van der Waals surface area contributed by atoms with Gasteiger partial charge >= 0.3 is 0 Å². The Balaban J connectivity index is 2.01. The molecule has 1 aliphatic heterocycles. The van der Waals surface area contributed by atoms with Gasteiger partial charge in [0.05, 0.1) is 10.9 Å². The predicted molar refractivity (Wildman–Crippen MR) is 95.4 cm³/mol. The first-order chi connectivity index (χ1) is 11.6. The number of pyridine rings is 2. The van der Waals surface area contributed by atoms with Crippen molar-refractivity contribution in [1.82, 2.24) is 4.98 Å². The molecule has 0 atom stereocenters. The fraction of sp³-hybridized carbons (Fsp3) is 0.143. The Morgan fingerprint density at radius 3 is 2.75 bits per heavy atom. The fourth-order valence-corrected chi connectivity index (χ4v) is 3.88. The van der Waals surface area contributed by atoms with E-state index in [1.54, 1.807) is 0 Å². The van der Waals surface area contributed by atoms with E-state index in [1.807, 2.05) is 12.4 Å². The number of fused-ring (bicyclic) bond motifs is 3. The number of ether oxygens (including phenoxy) is 1. The van der Waals surface area contributed by atoms with Gasteiger partial charge in [-0.15, -0.1) is 0 Å². The molecule has 0 saturated carbocycles. The first-order valence-corrected chi connectivity index (χ1v) is 8.12. The highest BCUT2D eigenvalue weighted by molar-refractivity contribution is 6.05. The van der Waals surface area contributed by atoms with Crippen LogP contribution in [0.5, 0.6) is 11.5 Å². The van der Waals surface area contributed by atoms with Gasteiger partial charge in [-0.2, -0.15) is 0 Å². The van der Waals surface area contributed by atoms with E-state index < -0.39 is 0 Å². The molecule has 0 fully saturated rings. The maximum absolute atomic E-state index is 6.33. The van der Waals surface area contributed by atoms with Gasteiger partial charge in [0.15, 0.2) is 6.20 Å². The zero-order valence-electron chi connectivity index (χ0n) is 13.9. The van der Waals surface area contributed by atoms with E-state index in [2.05, 4.69) is 67.0 Å². The van der Waals surface area contributed by atoms with E-state index in [-0.39, 0.29) is 0 Å². The molecule has 3 heterocycles. The highest BCUT2D eigenvalue weighted by Crippen LogP contribution is 2.48. The summed E-state index contributed by atoms with van der Waals surface area (Å²) in [5.41, 5.74) is 4.84. The van der Waals surface area contributed by atoms with Crippen LogP contribution in [0.4, 0.5) is 0 Å². The third-order valence-corrected chi connectivity index (χ3v) is 4.96. The van der Waals surface area contributed by atoms with Crippen LogP contribution in [0.25, 0.3) is 32.8 Å². The van der Waals surface area contributed by atoms with Crippen molar-refractivity contribution in [3.63, 3.8) is 0 Å². The zero-order chi connectivity index (χ0) is 16.4. The lowest BCUT2D eigenvalue weighted by Crippen LogP contribution is -2.31. The summed E-state index contributed by atoms with van der Waals surface area (Å²) in [7, 11) is 2.10. The van der Waals surface area contributed by atoms with Crippen LogP contribution >= 0.6 is 0 Å². The number of hydrogen-bond donors (Lipinski definition) is 0. The lowest BCUT2D eigenvalue weighted by molar-refractivity contribution is -0.659. The van der Waals surface area contributed by atoms with Crippen molar-refractivity contribution in [2.24, 2.45) is 7.05 Å². The van der Waals surface area contributed by atoms with E-state index in [4.69, 9.17) is 4.74 Å². The lowest BCUT2D eigenvalue weighted by atomic mass is 9.92. The predicted octanol–water partition coefficient (Wildman–Crippen LogP) is 4.60. The number of aromatic nitrogens is 2. The first kappa shape index (κ1) is 13.5. The number of benzene rings is 2. The Kier molecular flexibility index (Phi) is 2.55. The molecule has 24 heavy (non-hydrogen) atoms. The third-order valence-electron chi connectivity index (χ3n) is 4.96. The van der Waals surface area contributed by atoms with Crippen LogP contribution in [0.1, 0.15) is 11.1 Å². The fourth-order valence-electron chi connectivity index (χ4n) is 3.88. The lowest BCUT2D eigenvalue weighted by Gasteiger charge is -2.22. The van der Waals surface area contributed by atoms with Crippen LogP contribution in [0.15, 0.2) is 48.9 Å². The van der Waals surface area contributed by atoms with Crippen LogP contribution in [0, 0.1) is 13.8 Å². The van der Waals surface area contributed by atoms with Crippen LogP contribution in [-0.2, 0) is 7.05 Å². The summed E-state index contributed by atoms with van der Waals surface area (Å²) in [6, 6.07) is 10.7. The van der Waals surface area contributed by atoms with Gasteiger partial charge in [-0.05, 0) is 53.9 Å². The highest BCUT2D eigenvalue weighted by atomic mass is 16.5. The average Bonchev–Trinajstić information content (AvgIpc) is 2.57. The summed E-state index contributed by atoms with van der Waals surface area (Å²) in [4.78, 5) is 4.26. The van der Waals surface area contributed by atoms with E-state index in [0.717, 1.165) is 16.9 Å². The van der Waals surface area contributed by atoms with Gasteiger partial charge in [0.25, 0.3) is 0 Å². The van der Waals surface area contributed by atoms with E-state index in [9.17, 15) is 0 Å². The molecule has 0 spiro atoms. The largest absolute Gasteiger partial charge is 0.456 e. The van der Waals surface area contributed by atoms with Gasteiger partial charge in [-0.1, -0.05) is 6.07 Å². The summed E-state index contributed by atoms with van der Waals surface area (Å²) in [6.07, 6.45) is 5.88. The maximum Gasteiger partial charge on any atom is 0.228 e. The molecule has 0 N–H and O–H groups in total. The number of aryl methyl sites for hydroxylation is 3. The molecule has 4 aromatic rings. The van der Waals surface area contributed by atoms with Crippen molar-refractivity contribution >= 4 is 21.5 Å². The van der Waals surface area contributed by atoms with Gasteiger partial charge in [0, 0.05) is 23.8 Å². The molecular formula is C21H17N2O+. The Morgan fingerprint density at radius 1 is 1.00 bits per heavy atom. The van der Waals surface area contributed by atoms with Crippen LogP contribution in [0.3, 0.4) is 0 Å². The smallest absolute Gasteiger partial charge is 0.228 e. The van der Waals surface area contributed by atoms with Crippen LogP contribution in [-0.4, -0.2) is 4.98 Å². The summed E-state index contributed by atoms with van der Waals surface area (Å²) >= 11 is 0. The maximum atomic E-state index is 6.33. The molecule has 116 valence electrons. The van der Waals surface area contributed by atoms with Crippen molar-refractivity contribution < 1.29 is 9.30 Å². The van der Waals surface area contributed by atoms with E-state index in [0.29, 0.717) is 0 Å². The average molecular weight is 313 g/mol. The van der Waals surface area contributed by atoms with Gasteiger partial charge in [-0.3, -0.25) is 4.98 Å². The number of hydrogen-bond acceptors (Lipinski definition) is 2. The third kappa shape index (κ3) is 1.67. The quantitative estimate of drug-likeness (QED) is 0.390. The Labute approximate surface area is 140 Å². The first-order valence-electron chi connectivity index (χ1n) is 8.12. The van der Waals surface area contributed by atoms with Gasteiger partial charge in [0.1, 0.15) is 18.5 Å². The minimum absolute atomic E-state index is 0.911. The number of rotatable bonds is 0. The molecule has 2 aromatic heterocycles. The molecule has 3 nitrogen and oxygen atoms in total. The van der Waals surface area contributed by atoms with Crippen molar-refractivity contribution in [3.05, 3.63) is 60.0 Å². The minimum atomic E-state index is 0.911. The molecule has 5 rings (SSSR count). The molecule has 0 saturated heterocycles. The normalized spacial score (nSPS) is 12.3. The van der Waals surface area contributed by atoms with Crippen molar-refractivity contribution in [2.75, 3.05) is 0 Å². The Hall–Kier alpha value is -2.94. The minimum Gasteiger partial charge on any atom is -0.456 e. The summed E-state index contributed by atoms with van der Waals surface area (Å²) in [5.74, 6) is 1.85. The molecule has 2 aromatic carbocycles. The number of nitrogens with zero attached hydrogens (tertiary/aromatic N) is 2. The van der Waals surface area contributed by atoms with Gasteiger partial charge < -0.3 is 4.74 Å². The molecule has 0 bridgehead atoms. The molecular weight excluding hydrogens is 296 g/mol. The van der Waals surface area contributed by atoms with Gasteiger partial charge in [0.2, 0.25) is 5.69 Å². The van der Waals surface area contributed by atoms with Crippen molar-refractivity contribution in [1.29, 1.82) is 0 Å². The second-order valence-corrected chi connectivity index (χ2v) is 6.58. The van der Waals surface area contributed by atoms with Gasteiger partial charge in [-0.25, -0.2) is 4.57 Å². The zero-order valence-corrected chi connectivity index (χ0v) is 13.9. The van der Waals surface area contributed by atoms with Crippen molar-refractivity contribution in [2.45, 2.75) is 13.8 Å². The molecule has 0 radical (unpaired) electrons. The Bertz CT molecular complexity index is 1160.